The number of hydrogen-bond donors (Lipinski definition) is 3. The van der Waals surface area contributed by atoms with Crippen molar-refractivity contribution in [2.24, 2.45) is 56.7 Å². The Labute approximate surface area is 229 Å². The molecule has 5 aliphatic rings. The molecule has 0 aromatic carbocycles. The molecule has 5 saturated carbocycles. The van der Waals surface area contributed by atoms with Crippen LogP contribution in [0.3, 0.4) is 0 Å². The number of aliphatic hydroxyl groups excluding tert-OH is 2. The number of carboxylic acid groups (broad SMARTS) is 1. The van der Waals surface area contributed by atoms with Gasteiger partial charge in [-0.25, -0.2) is 0 Å². The number of aliphatic hydroxyl groups is 2. The highest BCUT2D eigenvalue weighted by Crippen LogP contribution is 2.85. The molecule has 3 N–H and O–H groups in total. The van der Waals surface area contributed by atoms with Gasteiger partial charge in [0.25, 0.3) is 0 Å². The highest BCUT2D eigenvalue weighted by Gasteiger charge is 2.86. The Bertz CT molecular complexity index is 979. The number of esters is 1. The average molecular weight is 533 g/mol. The van der Waals surface area contributed by atoms with Gasteiger partial charge in [0.1, 0.15) is 6.10 Å². The van der Waals surface area contributed by atoms with Gasteiger partial charge in [-0.2, -0.15) is 0 Å². The van der Waals surface area contributed by atoms with E-state index in [1.165, 1.54) is 6.92 Å². The minimum Gasteiger partial charge on any atom is -0.481 e. The fraction of sp³-hybridized carbons (Fsp3) is 0.938. The second-order valence-electron chi connectivity index (χ2n) is 15.5. The number of carboxylic acids is 1. The Morgan fingerprint density at radius 1 is 1.03 bits per heavy atom. The minimum atomic E-state index is -0.891. The van der Waals surface area contributed by atoms with Gasteiger partial charge in [-0.3, -0.25) is 9.59 Å². The zero-order chi connectivity index (χ0) is 28.1. The fourth-order valence-corrected chi connectivity index (χ4v) is 11.8. The molecule has 0 radical (unpaired) electrons. The Morgan fingerprint density at radius 3 is 2.32 bits per heavy atom. The van der Waals surface area contributed by atoms with Crippen molar-refractivity contribution < 1.29 is 29.6 Å². The van der Waals surface area contributed by atoms with Crippen LogP contribution >= 0.6 is 0 Å². The van der Waals surface area contributed by atoms with E-state index in [0.717, 1.165) is 38.5 Å². The summed E-state index contributed by atoms with van der Waals surface area (Å²) in [7, 11) is 0. The third-order valence-corrected chi connectivity index (χ3v) is 13.6. The number of hydrogen-bond acceptors (Lipinski definition) is 5. The molecule has 2 unspecified atom stereocenters. The Balaban J connectivity index is 1.57. The molecule has 38 heavy (non-hydrogen) atoms. The van der Waals surface area contributed by atoms with Gasteiger partial charge in [0.15, 0.2) is 0 Å². The van der Waals surface area contributed by atoms with E-state index in [1.54, 1.807) is 0 Å². The largest absolute Gasteiger partial charge is 0.481 e. The summed E-state index contributed by atoms with van der Waals surface area (Å²) in [4.78, 5) is 25.5. The number of aliphatic carboxylic acids is 1. The molecule has 1 spiro atoms. The van der Waals surface area contributed by atoms with Gasteiger partial charge in [-0.1, -0.05) is 54.4 Å². The molecule has 5 fully saturated rings. The number of fused-ring (bicyclic) bond motifs is 6. The maximum absolute atomic E-state index is 13.1. The van der Waals surface area contributed by atoms with E-state index in [2.05, 4.69) is 41.5 Å². The van der Waals surface area contributed by atoms with Crippen LogP contribution in [0.4, 0.5) is 0 Å². The van der Waals surface area contributed by atoms with Crippen molar-refractivity contribution >= 4 is 11.9 Å². The molecule has 12 atom stereocenters. The molecule has 5 rings (SSSR count). The van der Waals surface area contributed by atoms with Crippen LogP contribution < -0.4 is 0 Å². The summed E-state index contributed by atoms with van der Waals surface area (Å²) in [6.07, 6.45) is 6.66. The SMILES string of the molecule is CC(=O)O[C@H]1C[C@@]2(C)[C@@H](CC(O)C3[C@]2(C)CC[C@H]2[C@H](C)[C@H](O)CC[C@]32C)[C@]12C[C@]2(CCCC(C)C)C(=O)O. The van der Waals surface area contributed by atoms with Crippen LogP contribution in [0.5, 0.6) is 0 Å². The molecule has 6 heteroatoms. The molecule has 216 valence electrons. The van der Waals surface area contributed by atoms with Crippen molar-refractivity contribution in [3.63, 3.8) is 0 Å². The number of rotatable bonds is 6. The van der Waals surface area contributed by atoms with E-state index < -0.39 is 29.0 Å². The lowest BCUT2D eigenvalue weighted by atomic mass is 9.36. The van der Waals surface area contributed by atoms with E-state index >= 15 is 0 Å². The van der Waals surface area contributed by atoms with Gasteiger partial charge in [0, 0.05) is 12.3 Å². The quantitative estimate of drug-likeness (QED) is 0.372. The van der Waals surface area contributed by atoms with Crippen LogP contribution in [-0.2, 0) is 14.3 Å². The van der Waals surface area contributed by atoms with Crippen molar-refractivity contribution in [2.75, 3.05) is 0 Å². The molecular weight excluding hydrogens is 480 g/mol. The molecule has 0 bridgehead atoms. The predicted molar refractivity (Wildman–Crippen MR) is 145 cm³/mol. The van der Waals surface area contributed by atoms with Crippen molar-refractivity contribution in [3.05, 3.63) is 0 Å². The van der Waals surface area contributed by atoms with Crippen molar-refractivity contribution in [2.45, 2.75) is 131 Å². The summed E-state index contributed by atoms with van der Waals surface area (Å²) in [5, 5.41) is 33.5. The Morgan fingerprint density at radius 2 is 1.71 bits per heavy atom. The number of carbonyl (C=O) groups excluding carboxylic acids is 1. The zero-order valence-electron chi connectivity index (χ0n) is 24.8. The molecule has 0 amide bonds. The lowest BCUT2D eigenvalue weighted by Crippen LogP contribution is -2.66. The van der Waals surface area contributed by atoms with Gasteiger partial charge in [0.2, 0.25) is 0 Å². The van der Waals surface area contributed by atoms with E-state index in [0.29, 0.717) is 37.5 Å². The van der Waals surface area contributed by atoms with Crippen LogP contribution in [0, 0.1) is 56.7 Å². The summed E-state index contributed by atoms with van der Waals surface area (Å²) >= 11 is 0. The maximum atomic E-state index is 13.1. The Hall–Kier alpha value is -1.14. The first kappa shape index (κ1) is 28.4. The third-order valence-electron chi connectivity index (χ3n) is 13.6. The highest BCUT2D eigenvalue weighted by atomic mass is 16.5. The van der Waals surface area contributed by atoms with E-state index in [9.17, 15) is 24.9 Å². The maximum Gasteiger partial charge on any atom is 0.310 e. The number of carbonyl (C=O) groups is 2. The summed E-state index contributed by atoms with van der Waals surface area (Å²) in [6, 6.07) is 0. The molecule has 0 saturated heterocycles. The standard InChI is InChI=1S/C32H52O6/c1-18(2)9-8-12-31(27(36)37)17-32(31)24-15-23(35)26-28(5)13-11-22(34)19(3)21(28)10-14-29(26,6)30(24,7)16-25(32)38-20(4)33/h18-19,21-26,34-35H,8-17H2,1-7H3,(H,36,37)/t19-,21-,22+,23?,24+,25-,26?,28-,29-,30-,31+,32+/m0/s1. The van der Waals surface area contributed by atoms with Crippen LogP contribution in [0.15, 0.2) is 0 Å². The van der Waals surface area contributed by atoms with Crippen LogP contribution in [0.25, 0.3) is 0 Å². The van der Waals surface area contributed by atoms with Gasteiger partial charge >= 0.3 is 11.9 Å². The first-order valence-electron chi connectivity index (χ1n) is 15.4. The summed E-state index contributed by atoms with van der Waals surface area (Å²) < 4.78 is 6.08. The first-order chi connectivity index (χ1) is 17.6. The van der Waals surface area contributed by atoms with E-state index in [4.69, 9.17) is 4.74 Å². The third kappa shape index (κ3) is 3.50. The van der Waals surface area contributed by atoms with Gasteiger partial charge in [-0.15, -0.1) is 0 Å². The molecule has 0 aliphatic heterocycles. The molecule has 6 nitrogen and oxygen atoms in total. The zero-order valence-corrected chi connectivity index (χ0v) is 24.8. The van der Waals surface area contributed by atoms with Crippen molar-refractivity contribution in [3.8, 4) is 0 Å². The van der Waals surface area contributed by atoms with Crippen LogP contribution in [-0.4, -0.2) is 45.6 Å². The normalized spacial score (nSPS) is 53.3. The topological polar surface area (TPSA) is 104 Å². The van der Waals surface area contributed by atoms with Crippen LogP contribution in [0.1, 0.15) is 113 Å². The smallest absolute Gasteiger partial charge is 0.310 e. The second kappa shape index (κ2) is 8.93. The van der Waals surface area contributed by atoms with E-state index in [1.807, 2.05) is 0 Å². The first-order valence-corrected chi connectivity index (χ1v) is 15.4. The predicted octanol–water partition coefficient (Wildman–Crippen LogP) is 5.83. The second-order valence-corrected chi connectivity index (χ2v) is 15.5. The molecular formula is C32H52O6. The fourth-order valence-electron chi connectivity index (χ4n) is 11.8. The van der Waals surface area contributed by atoms with Crippen molar-refractivity contribution in [1.29, 1.82) is 0 Å². The average Bonchev–Trinajstić information content (AvgIpc) is 3.42. The minimum absolute atomic E-state index is 0.00231. The summed E-state index contributed by atoms with van der Waals surface area (Å²) in [6.45, 7) is 15.0. The molecule has 0 heterocycles. The highest BCUT2D eigenvalue weighted by molar-refractivity contribution is 5.81. The molecule has 0 aromatic heterocycles. The summed E-state index contributed by atoms with van der Waals surface area (Å²) in [5.41, 5.74) is -2.01. The molecule has 5 aliphatic carbocycles. The van der Waals surface area contributed by atoms with Crippen molar-refractivity contribution in [1.82, 2.24) is 0 Å². The van der Waals surface area contributed by atoms with Gasteiger partial charge in [-0.05, 0) is 97.2 Å². The summed E-state index contributed by atoms with van der Waals surface area (Å²) in [5.74, 6) is 0.0810. The van der Waals surface area contributed by atoms with Gasteiger partial charge < -0.3 is 20.1 Å². The van der Waals surface area contributed by atoms with Crippen LogP contribution in [0.2, 0.25) is 0 Å². The Kier molecular flexibility index (Phi) is 6.67. The lowest BCUT2D eigenvalue weighted by Gasteiger charge is -2.69. The molecule has 0 aromatic rings. The number of ether oxygens (including phenoxy) is 1. The van der Waals surface area contributed by atoms with E-state index in [-0.39, 0.29) is 46.1 Å². The monoisotopic (exact) mass is 532 g/mol. The van der Waals surface area contributed by atoms with Gasteiger partial charge in [0.05, 0.1) is 17.6 Å². The lowest BCUT2D eigenvalue weighted by molar-refractivity contribution is -0.241.